The van der Waals surface area contributed by atoms with Crippen molar-refractivity contribution >= 4 is 29.5 Å². The topological polar surface area (TPSA) is 44.8 Å². The van der Waals surface area contributed by atoms with Gasteiger partial charge in [0.1, 0.15) is 12.0 Å². The average Bonchev–Trinajstić information content (AvgIpc) is 2.56. The van der Waals surface area contributed by atoms with Crippen LogP contribution in [-0.4, -0.2) is 26.6 Å². The normalized spacial score (nSPS) is 10.2. The van der Waals surface area contributed by atoms with Crippen LogP contribution < -0.4 is 14.2 Å². The van der Waals surface area contributed by atoms with E-state index < -0.39 is 0 Å². The second-order valence-corrected chi connectivity index (χ2v) is 5.50. The zero-order chi connectivity index (χ0) is 16.7. The van der Waals surface area contributed by atoms with E-state index in [2.05, 4.69) is 0 Å². The molecule has 0 saturated heterocycles. The molecule has 0 N–H and O–H groups in total. The standard InChI is InChI=1S/C17H16Cl2O4/c1-21-17-9-12(11-20)3-5-16(17)23-8-2-7-22-15-6-4-13(18)10-14(15)19/h3-6,9-11H,2,7-8H2,1H3. The van der Waals surface area contributed by atoms with E-state index in [1.165, 1.54) is 7.11 Å². The summed E-state index contributed by atoms with van der Waals surface area (Å²) in [4.78, 5) is 10.7. The maximum absolute atomic E-state index is 10.7. The number of hydrogen-bond acceptors (Lipinski definition) is 4. The number of hydrogen-bond donors (Lipinski definition) is 0. The quantitative estimate of drug-likeness (QED) is 0.510. The van der Waals surface area contributed by atoms with Gasteiger partial charge in [-0.2, -0.15) is 0 Å². The average molecular weight is 355 g/mol. The number of methoxy groups -OCH3 is 1. The minimum atomic E-state index is 0.446. The first-order valence-electron chi connectivity index (χ1n) is 6.98. The maximum atomic E-state index is 10.7. The number of halogens is 2. The van der Waals surface area contributed by atoms with Gasteiger partial charge in [0, 0.05) is 17.0 Å². The second-order valence-electron chi connectivity index (χ2n) is 4.65. The van der Waals surface area contributed by atoms with Crippen LogP contribution >= 0.6 is 23.2 Å². The van der Waals surface area contributed by atoms with Crippen molar-refractivity contribution in [3.05, 3.63) is 52.0 Å². The summed E-state index contributed by atoms with van der Waals surface area (Å²) >= 11 is 11.8. The molecule has 0 unspecified atom stereocenters. The molecule has 0 bridgehead atoms. The molecule has 0 aliphatic rings. The Morgan fingerprint density at radius 3 is 2.30 bits per heavy atom. The van der Waals surface area contributed by atoms with Crippen molar-refractivity contribution in [3.8, 4) is 17.2 Å². The molecule has 6 heteroatoms. The first kappa shape index (κ1) is 17.4. The van der Waals surface area contributed by atoms with Crippen LogP contribution in [0.4, 0.5) is 0 Å². The summed E-state index contributed by atoms with van der Waals surface area (Å²) in [5.74, 6) is 1.70. The highest BCUT2D eigenvalue weighted by atomic mass is 35.5. The fraction of sp³-hybridized carbons (Fsp3) is 0.235. The van der Waals surface area contributed by atoms with Crippen LogP contribution in [0, 0.1) is 0 Å². The molecule has 0 saturated carbocycles. The largest absolute Gasteiger partial charge is 0.493 e. The minimum Gasteiger partial charge on any atom is -0.493 e. The van der Waals surface area contributed by atoms with Crippen molar-refractivity contribution in [1.29, 1.82) is 0 Å². The first-order chi connectivity index (χ1) is 11.1. The highest BCUT2D eigenvalue weighted by Gasteiger charge is 2.06. The van der Waals surface area contributed by atoms with Crippen LogP contribution in [0.2, 0.25) is 10.0 Å². The lowest BCUT2D eigenvalue weighted by Gasteiger charge is -2.12. The molecule has 2 rings (SSSR count). The summed E-state index contributed by atoms with van der Waals surface area (Å²) < 4.78 is 16.4. The van der Waals surface area contributed by atoms with Gasteiger partial charge in [0.05, 0.1) is 25.3 Å². The summed E-state index contributed by atoms with van der Waals surface area (Å²) in [6.45, 7) is 0.901. The number of rotatable bonds is 8. The number of aldehydes is 1. The van der Waals surface area contributed by atoms with Gasteiger partial charge in [-0.25, -0.2) is 0 Å². The van der Waals surface area contributed by atoms with Gasteiger partial charge >= 0.3 is 0 Å². The molecule has 0 heterocycles. The summed E-state index contributed by atoms with van der Waals surface area (Å²) in [6, 6.07) is 10.1. The van der Waals surface area contributed by atoms with E-state index >= 15 is 0 Å². The molecule has 0 radical (unpaired) electrons. The maximum Gasteiger partial charge on any atom is 0.161 e. The fourth-order valence-electron chi connectivity index (χ4n) is 1.89. The predicted octanol–water partition coefficient (Wildman–Crippen LogP) is 4.66. The summed E-state index contributed by atoms with van der Waals surface area (Å²) in [5, 5.41) is 1.04. The number of carbonyl (C=O) groups is 1. The Balaban J connectivity index is 1.80. The van der Waals surface area contributed by atoms with Gasteiger partial charge in [0.25, 0.3) is 0 Å². The Bertz CT molecular complexity index is 674. The van der Waals surface area contributed by atoms with Gasteiger partial charge in [-0.3, -0.25) is 4.79 Å². The smallest absolute Gasteiger partial charge is 0.161 e. The van der Waals surface area contributed by atoms with Crippen molar-refractivity contribution in [3.63, 3.8) is 0 Å². The number of benzene rings is 2. The van der Waals surface area contributed by atoms with Crippen LogP contribution in [0.15, 0.2) is 36.4 Å². The molecular formula is C17H16Cl2O4. The molecule has 0 aliphatic heterocycles. The van der Waals surface area contributed by atoms with Gasteiger partial charge in [0.15, 0.2) is 11.5 Å². The van der Waals surface area contributed by atoms with Crippen LogP contribution in [0.3, 0.4) is 0 Å². The van der Waals surface area contributed by atoms with Crippen molar-refractivity contribution in [2.45, 2.75) is 6.42 Å². The van der Waals surface area contributed by atoms with Crippen LogP contribution in [0.5, 0.6) is 17.2 Å². The molecule has 0 aliphatic carbocycles. The van der Waals surface area contributed by atoms with Crippen molar-refractivity contribution in [2.24, 2.45) is 0 Å². The Morgan fingerprint density at radius 1 is 0.957 bits per heavy atom. The molecule has 4 nitrogen and oxygen atoms in total. The Morgan fingerprint density at radius 2 is 1.65 bits per heavy atom. The van der Waals surface area contributed by atoms with Gasteiger partial charge in [-0.15, -0.1) is 0 Å². The summed E-state index contributed by atoms with van der Waals surface area (Å²) in [6.07, 6.45) is 1.42. The van der Waals surface area contributed by atoms with Crippen molar-refractivity contribution < 1.29 is 19.0 Å². The third kappa shape index (κ3) is 5.05. The third-order valence-corrected chi connectivity index (χ3v) is 3.55. The minimum absolute atomic E-state index is 0.446. The molecule has 2 aromatic rings. The Labute approximate surface area is 144 Å². The molecule has 2 aromatic carbocycles. The SMILES string of the molecule is COc1cc(C=O)ccc1OCCCOc1ccc(Cl)cc1Cl. The van der Waals surface area contributed by atoms with Gasteiger partial charge in [0.2, 0.25) is 0 Å². The van der Waals surface area contributed by atoms with E-state index in [0.29, 0.717) is 52.5 Å². The lowest BCUT2D eigenvalue weighted by atomic mass is 10.2. The second kappa shape index (κ2) is 8.65. The fourth-order valence-corrected chi connectivity index (χ4v) is 2.36. The van der Waals surface area contributed by atoms with Gasteiger partial charge < -0.3 is 14.2 Å². The number of carbonyl (C=O) groups excluding carboxylic acids is 1. The van der Waals surface area contributed by atoms with Crippen LogP contribution in [0.25, 0.3) is 0 Å². The molecule has 23 heavy (non-hydrogen) atoms. The van der Waals surface area contributed by atoms with E-state index in [-0.39, 0.29) is 0 Å². The molecule has 0 atom stereocenters. The zero-order valence-corrected chi connectivity index (χ0v) is 14.1. The molecule has 0 amide bonds. The highest BCUT2D eigenvalue weighted by molar-refractivity contribution is 6.35. The predicted molar refractivity (Wildman–Crippen MR) is 90.5 cm³/mol. The highest BCUT2D eigenvalue weighted by Crippen LogP contribution is 2.29. The number of ether oxygens (including phenoxy) is 3. The van der Waals surface area contributed by atoms with Gasteiger partial charge in [-0.05, 0) is 36.4 Å². The van der Waals surface area contributed by atoms with Crippen LogP contribution in [0.1, 0.15) is 16.8 Å². The lowest BCUT2D eigenvalue weighted by Crippen LogP contribution is -2.06. The summed E-state index contributed by atoms with van der Waals surface area (Å²) in [7, 11) is 1.53. The molecule has 0 fully saturated rings. The molecule has 0 aromatic heterocycles. The van der Waals surface area contributed by atoms with E-state index in [4.69, 9.17) is 37.4 Å². The van der Waals surface area contributed by atoms with E-state index in [9.17, 15) is 4.79 Å². The Hall–Kier alpha value is -1.91. The molecule has 122 valence electrons. The summed E-state index contributed by atoms with van der Waals surface area (Å²) in [5.41, 5.74) is 0.537. The lowest BCUT2D eigenvalue weighted by molar-refractivity contribution is 0.112. The van der Waals surface area contributed by atoms with E-state index in [0.717, 1.165) is 6.29 Å². The van der Waals surface area contributed by atoms with Crippen LogP contribution in [-0.2, 0) is 0 Å². The van der Waals surface area contributed by atoms with Crippen molar-refractivity contribution in [1.82, 2.24) is 0 Å². The Kier molecular flexibility index (Phi) is 6.56. The first-order valence-corrected chi connectivity index (χ1v) is 7.73. The van der Waals surface area contributed by atoms with Crippen molar-refractivity contribution in [2.75, 3.05) is 20.3 Å². The zero-order valence-electron chi connectivity index (χ0n) is 12.6. The molecule has 0 spiro atoms. The van der Waals surface area contributed by atoms with E-state index in [1.54, 1.807) is 36.4 Å². The van der Waals surface area contributed by atoms with Gasteiger partial charge in [-0.1, -0.05) is 23.2 Å². The third-order valence-electron chi connectivity index (χ3n) is 3.02. The molecular weight excluding hydrogens is 339 g/mol. The monoisotopic (exact) mass is 354 g/mol. The van der Waals surface area contributed by atoms with E-state index in [1.807, 2.05) is 0 Å².